The van der Waals surface area contributed by atoms with Crippen LogP contribution in [0.2, 0.25) is 0 Å². The number of nitrogens with one attached hydrogen (secondary N) is 1. The Labute approximate surface area is 175 Å². The van der Waals surface area contributed by atoms with Gasteiger partial charge in [0, 0.05) is 31.6 Å². The van der Waals surface area contributed by atoms with E-state index in [9.17, 15) is 17.6 Å². The van der Waals surface area contributed by atoms with Crippen molar-refractivity contribution < 1.29 is 22.3 Å². The summed E-state index contributed by atoms with van der Waals surface area (Å²) in [7, 11) is -3.85. The molecule has 2 aromatic rings. The first-order valence-corrected chi connectivity index (χ1v) is 11.4. The van der Waals surface area contributed by atoms with Gasteiger partial charge in [0.2, 0.25) is 15.9 Å². The second-order valence-corrected chi connectivity index (χ2v) is 9.22. The van der Waals surface area contributed by atoms with Gasteiger partial charge in [0.25, 0.3) is 0 Å². The summed E-state index contributed by atoms with van der Waals surface area (Å²) in [6, 6.07) is 10.3. The van der Waals surface area contributed by atoms with Crippen LogP contribution in [0.25, 0.3) is 6.08 Å². The maximum Gasteiger partial charge on any atom is 0.246 e. The zero-order valence-electron chi connectivity index (χ0n) is 16.4. The molecule has 1 atom stereocenters. The molecule has 1 unspecified atom stereocenters. The molecule has 1 fully saturated rings. The third-order valence-electron chi connectivity index (χ3n) is 5.29. The number of benzene rings is 2. The fourth-order valence-corrected chi connectivity index (χ4v) is 5.07. The summed E-state index contributed by atoms with van der Waals surface area (Å²) in [4.78, 5) is 14.1. The number of carbonyl (C=O) groups excluding carboxylic acids is 1. The van der Waals surface area contributed by atoms with Gasteiger partial charge in [-0.2, -0.15) is 0 Å². The van der Waals surface area contributed by atoms with Gasteiger partial charge < -0.3 is 9.64 Å². The number of hydrogen-bond acceptors (Lipinski definition) is 4. The van der Waals surface area contributed by atoms with Crippen LogP contribution in [-0.4, -0.2) is 45.0 Å². The smallest absolute Gasteiger partial charge is 0.246 e. The Balaban J connectivity index is 1.39. The Kier molecular flexibility index (Phi) is 5.87. The maximum atomic E-state index is 13.4. The quantitative estimate of drug-likeness (QED) is 0.741. The van der Waals surface area contributed by atoms with Crippen molar-refractivity contribution in [1.82, 2.24) is 9.62 Å². The standard InChI is InChI=1S/C22H23FN2O4S/c23-18-3-1-5-20(14-18)30(27,28)24-19-4-2-11-25(15-19)22(26)9-7-16-6-8-21-17(13-16)10-12-29-21/h1,3,5-9,13-14,19,24H,2,4,10-12,15H2/b9-7+. The van der Waals surface area contributed by atoms with Gasteiger partial charge >= 0.3 is 0 Å². The molecule has 4 rings (SSSR count). The lowest BCUT2D eigenvalue weighted by molar-refractivity contribution is -0.127. The first kappa shape index (κ1) is 20.6. The van der Waals surface area contributed by atoms with Crippen molar-refractivity contribution in [3.63, 3.8) is 0 Å². The van der Waals surface area contributed by atoms with Crippen LogP contribution in [-0.2, 0) is 21.2 Å². The number of ether oxygens (including phenoxy) is 1. The van der Waals surface area contributed by atoms with Crippen molar-refractivity contribution in [2.75, 3.05) is 19.7 Å². The van der Waals surface area contributed by atoms with E-state index in [4.69, 9.17) is 4.74 Å². The number of sulfonamides is 1. The van der Waals surface area contributed by atoms with E-state index >= 15 is 0 Å². The molecule has 0 bridgehead atoms. The lowest BCUT2D eigenvalue weighted by Gasteiger charge is -2.32. The average Bonchev–Trinajstić information content (AvgIpc) is 3.20. The van der Waals surface area contributed by atoms with E-state index in [1.165, 1.54) is 24.3 Å². The topological polar surface area (TPSA) is 75.7 Å². The van der Waals surface area contributed by atoms with Gasteiger partial charge in [-0.15, -0.1) is 0 Å². The molecule has 2 aliphatic rings. The van der Waals surface area contributed by atoms with Crippen LogP contribution >= 0.6 is 0 Å². The summed E-state index contributed by atoms with van der Waals surface area (Å²) in [5.74, 6) is 0.117. The summed E-state index contributed by atoms with van der Waals surface area (Å²) in [5, 5.41) is 0. The Morgan fingerprint density at radius 2 is 2.10 bits per heavy atom. The van der Waals surface area contributed by atoms with Gasteiger partial charge in [-0.1, -0.05) is 12.1 Å². The van der Waals surface area contributed by atoms with Crippen molar-refractivity contribution in [1.29, 1.82) is 0 Å². The highest BCUT2D eigenvalue weighted by Gasteiger charge is 2.27. The van der Waals surface area contributed by atoms with Crippen LogP contribution in [0, 0.1) is 5.82 Å². The fourth-order valence-electron chi connectivity index (χ4n) is 3.78. The van der Waals surface area contributed by atoms with Gasteiger partial charge in [-0.25, -0.2) is 17.5 Å². The van der Waals surface area contributed by atoms with Gasteiger partial charge in [0.15, 0.2) is 0 Å². The SMILES string of the molecule is O=C(/C=C/c1ccc2c(c1)CCO2)N1CCCC(NS(=O)(=O)c2cccc(F)c2)C1. The van der Waals surface area contributed by atoms with Gasteiger partial charge in [0.05, 0.1) is 11.5 Å². The molecule has 158 valence electrons. The molecule has 1 amide bonds. The van der Waals surface area contributed by atoms with Crippen LogP contribution in [0.4, 0.5) is 4.39 Å². The number of nitrogens with zero attached hydrogens (tertiary/aromatic N) is 1. The highest BCUT2D eigenvalue weighted by Crippen LogP contribution is 2.26. The van der Waals surface area contributed by atoms with Crippen molar-refractivity contribution in [3.05, 3.63) is 65.5 Å². The highest BCUT2D eigenvalue weighted by atomic mass is 32.2. The van der Waals surface area contributed by atoms with Crippen molar-refractivity contribution in [3.8, 4) is 5.75 Å². The molecule has 0 aliphatic carbocycles. The summed E-state index contributed by atoms with van der Waals surface area (Å²) in [5.41, 5.74) is 2.06. The van der Waals surface area contributed by atoms with E-state index in [0.717, 1.165) is 29.4 Å². The van der Waals surface area contributed by atoms with Gasteiger partial charge in [-0.3, -0.25) is 4.79 Å². The molecular weight excluding hydrogens is 407 g/mol. The summed E-state index contributed by atoms with van der Waals surface area (Å²) in [6.45, 7) is 1.53. The minimum atomic E-state index is -3.85. The molecule has 2 heterocycles. The zero-order chi connectivity index (χ0) is 21.1. The van der Waals surface area contributed by atoms with Gasteiger partial charge in [0.1, 0.15) is 11.6 Å². The predicted octanol–water partition coefficient (Wildman–Crippen LogP) is 2.74. The normalized spacial score (nSPS) is 19.0. The number of rotatable bonds is 5. The number of halogens is 1. The predicted molar refractivity (Wildman–Crippen MR) is 111 cm³/mol. The molecule has 0 aromatic heterocycles. The summed E-state index contributed by atoms with van der Waals surface area (Å²) >= 11 is 0. The lowest BCUT2D eigenvalue weighted by atomic mass is 10.1. The third-order valence-corrected chi connectivity index (χ3v) is 6.81. The molecule has 0 saturated carbocycles. The number of likely N-dealkylation sites (tertiary alicyclic amines) is 1. The molecule has 2 aliphatic heterocycles. The highest BCUT2D eigenvalue weighted by molar-refractivity contribution is 7.89. The molecule has 0 spiro atoms. The average molecular weight is 431 g/mol. The molecular formula is C22H23FN2O4S. The number of piperidine rings is 1. The van der Waals surface area contributed by atoms with E-state index in [1.807, 2.05) is 18.2 Å². The number of hydrogen-bond donors (Lipinski definition) is 1. The minimum Gasteiger partial charge on any atom is -0.493 e. The molecule has 1 N–H and O–H groups in total. The number of amides is 1. The Morgan fingerprint density at radius 3 is 2.93 bits per heavy atom. The van der Waals surface area contributed by atoms with Crippen molar-refractivity contribution in [2.24, 2.45) is 0 Å². The van der Waals surface area contributed by atoms with E-state index in [1.54, 1.807) is 11.0 Å². The van der Waals surface area contributed by atoms with Crippen molar-refractivity contribution >= 4 is 22.0 Å². The first-order chi connectivity index (χ1) is 14.4. The monoisotopic (exact) mass is 430 g/mol. The van der Waals surface area contributed by atoms with Crippen LogP contribution in [0.1, 0.15) is 24.0 Å². The Bertz CT molecular complexity index is 1080. The molecule has 8 heteroatoms. The van der Waals surface area contributed by atoms with E-state index in [-0.39, 0.29) is 17.3 Å². The lowest BCUT2D eigenvalue weighted by Crippen LogP contribution is -2.49. The second kappa shape index (κ2) is 8.57. The molecule has 30 heavy (non-hydrogen) atoms. The van der Waals surface area contributed by atoms with E-state index in [0.29, 0.717) is 26.0 Å². The Morgan fingerprint density at radius 1 is 1.23 bits per heavy atom. The number of carbonyl (C=O) groups is 1. The molecule has 2 aromatic carbocycles. The van der Waals surface area contributed by atoms with Crippen LogP contribution in [0.5, 0.6) is 5.75 Å². The summed E-state index contributed by atoms with van der Waals surface area (Å²) in [6.07, 6.45) is 5.45. The van der Waals surface area contributed by atoms with E-state index < -0.39 is 21.9 Å². The second-order valence-electron chi connectivity index (χ2n) is 7.50. The number of fused-ring (bicyclic) bond motifs is 1. The largest absolute Gasteiger partial charge is 0.493 e. The fraction of sp³-hybridized carbons (Fsp3) is 0.318. The first-order valence-electron chi connectivity index (χ1n) is 9.91. The minimum absolute atomic E-state index is 0.119. The van der Waals surface area contributed by atoms with Crippen molar-refractivity contribution in [2.45, 2.75) is 30.2 Å². The molecule has 0 radical (unpaired) electrons. The molecule has 6 nitrogen and oxygen atoms in total. The summed E-state index contributed by atoms with van der Waals surface area (Å²) < 4.78 is 46.5. The van der Waals surface area contributed by atoms with E-state index in [2.05, 4.69) is 4.72 Å². The maximum absolute atomic E-state index is 13.4. The molecule has 1 saturated heterocycles. The van der Waals surface area contributed by atoms with Crippen LogP contribution < -0.4 is 9.46 Å². The van der Waals surface area contributed by atoms with Crippen LogP contribution in [0.3, 0.4) is 0 Å². The zero-order valence-corrected chi connectivity index (χ0v) is 17.2. The third kappa shape index (κ3) is 4.71. The van der Waals surface area contributed by atoms with Gasteiger partial charge in [-0.05, 0) is 60.4 Å². The van der Waals surface area contributed by atoms with Crippen LogP contribution in [0.15, 0.2) is 53.4 Å². The Hall–Kier alpha value is -2.71.